The van der Waals surface area contributed by atoms with Crippen LogP contribution in [0.5, 0.6) is 0 Å². The number of carbonyl (C=O) groups is 1. The molecule has 25 heavy (non-hydrogen) atoms. The number of hydrogen-bond acceptors (Lipinski definition) is 4. The van der Waals surface area contributed by atoms with E-state index in [1.807, 2.05) is 0 Å². The van der Waals surface area contributed by atoms with Crippen LogP contribution in [0.4, 0.5) is 19.2 Å². The number of halogens is 4. The van der Waals surface area contributed by atoms with Crippen molar-refractivity contribution in [1.82, 2.24) is 10.2 Å². The molecule has 0 aliphatic carbocycles. The summed E-state index contributed by atoms with van der Waals surface area (Å²) in [6, 6.07) is 10.3. The van der Waals surface area contributed by atoms with Crippen molar-refractivity contribution in [3.8, 4) is 11.5 Å². The van der Waals surface area contributed by atoms with Crippen molar-refractivity contribution in [3.05, 3.63) is 64.7 Å². The van der Waals surface area contributed by atoms with E-state index in [0.717, 1.165) is 24.3 Å². The van der Waals surface area contributed by atoms with Gasteiger partial charge in [0.25, 0.3) is 5.91 Å². The van der Waals surface area contributed by atoms with E-state index < -0.39 is 17.6 Å². The zero-order valence-electron chi connectivity index (χ0n) is 12.3. The number of benzene rings is 2. The molecule has 5 nitrogen and oxygen atoms in total. The van der Waals surface area contributed by atoms with Gasteiger partial charge in [-0.15, -0.1) is 5.10 Å². The molecule has 3 aromatic rings. The predicted molar refractivity (Wildman–Crippen MR) is 84.1 cm³/mol. The van der Waals surface area contributed by atoms with Gasteiger partial charge in [0, 0.05) is 16.1 Å². The first-order chi connectivity index (χ1) is 11.8. The number of nitrogens with one attached hydrogen (secondary N) is 1. The second-order valence-electron chi connectivity index (χ2n) is 4.95. The summed E-state index contributed by atoms with van der Waals surface area (Å²) in [5.41, 5.74) is -0.254. The summed E-state index contributed by atoms with van der Waals surface area (Å²) in [5.74, 6) is -0.528. The highest BCUT2D eigenvalue weighted by Gasteiger charge is 2.30. The fourth-order valence-electron chi connectivity index (χ4n) is 1.99. The van der Waals surface area contributed by atoms with Crippen molar-refractivity contribution in [2.75, 3.05) is 5.32 Å². The molecule has 1 aromatic heterocycles. The molecule has 2 aromatic carbocycles. The van der Waals surface area contributed by atoms with Gasteiger partial charge in [0.1, 0.15) is 0 Å². The average Bonchev–Trinajstić information content (AvgIpc) is 3.03. The van der Waals surface area contributed by atoms with Crippen LogP contribution < -0.4 is 5.32 Å². The summed E-state index contributed by atoms with van der Waals surface area (Å²) in [5, 5.41) is 10.3. The van der Waals surface area contributed by atoms with Gasteiger partial charge in [-0.05, 0) is 42.5 Å². The molecule has 0 bridgehead atoms. The van der Waals surface area contributed by atoms with Crippen LogP contribution in [0.3, 0.4) is 0 Å². The third-order valence-corrected chi connectivity index (χ3v) is 3.43. The Bertz CT molecular complexity index is 907. The van der Waals surface area contributed by atoms with Gasteiger partial charge in [0.2, 0.25) is 5.89 Å². The molecule has 128 valence electrons. The molecular formula is C16H9ClF3N3O2. The van der Waals surface area contributed by atoms with Crippen LogP contribution >= 0.6 is 11.6 Å². The van der Waals surface area contributed by atoms with Crippen LogP contribution in [-0.4, -0.2) is 16.1 Å². The number of anilines is 1. The third-order valence-electron chi connectivity index (χ3n) is 3.19. The van der Waals surface area contributed by atoms with Crippen LogP contribution in [0.15, 0.2) is 52.9 Å². The van der Waals surface area contributed by atoms with E-state index in [1.54, 1.807) is 24.3 Å². The Kier molecular flexibility index (Phi) is 4.45. The van der Waals surface area contributed by atoms with Gasteiger partial charge in [-0.25, -0.2) is 0 Å². The van der Waals surface area contributed by atoms with E-state index in [0.29, 0.717) is 10.6 Å². The van der Waals surface area contributed by atoms with E-state index in [4.69, 9.17) is 16.0 Å². The van der Waals surface area contributed by atoms with Gasteiger partial charge >= 0.3 is 12.2 Å². The Morgan fingerprint density at radius 3 is 2.44 bits per heavy atom. The van der Waals surface area contributed by atoms with Crippen molar-refractivity contribution in [1.29, 1.82) is 0 Å². The van der Waals surface area contributed by atoms with Crippen molar-refractivity contribution in [3.63, 3.8) is 0 Å². The molecule has 3 rings (SSSR count). The maximum absolute atomic E-state index is 12.5. The Morgan fingerprint density at radius 1 is 1.08 bits per heavy atom. The van der Waals surface area contributed by atoms with Crippen molar-refractivity contribution < 1.29 is 22.4 Å². The number of hydrogen-bond donors (Lipinski definition) is 1. The van der Waals surface area contributed by atoms with Gasteiger partial charge in [-0.3, -0.25) is 10.1 Å². The lowest BCUT2D eigenvalue weighted by Gasteiger charge is -2.07. The molecule has 1 heterocycles. The Labute approximate surface area is 144 Å². The van der Waals surface area contributed by atoms with Gasteiger partial charge < -0.3 is 4.42 Å². The van der Waals surface area contributed by atoms with Gasteiger partial charge in [0.15, 0.2) is 0 Å². The summed E-state index contributed by atoms with van der Waals surface area (Å²) in [7, 11) is 0. The molecule has 0 atom stereocenters. The minimum atomic E-state index is -4.46. The number of alkyl halides is 3. The van der Waals surface area contributed by atoms with Crippen LogP contribution in [0, 0.1) is 0 Å². The highest BCUT2D eigenvalue weighted by molar-refractivity contribution is 6.30. The van der Waals surface area contributed by atoms with Crippen molar-refractivity contribution in [2.24, 2.45) is 0 Å². The quantitative estimate of drug-likeness (QED) is 0.731. The molecule has 0 unspecified atom stereocenters. The lowest BCUT2D eigenvalue weighted by molar-refractivity contribution is -0.137. The maximum atomic E-state index is 12.5. The van der Waals surface area contributed by atoms with Gasteiger partial charge in [0.05, 0.1) is 5.56 Å². The van der Waals surface area contributed by atoms with Crippen molar-refractivity contribution in [2.45, 2.75) is 6.18 Å². The number of nitrogens with zero attached hydrogens (tertiary/aromatic N) is 2. The Hall–Kier alpha value is -2.87. The van der Waals surface area contributed by atoms with Crippen molar-refractivity contribution >= 4 is 23.5 Å². The van der Waals surface area contributed by atoms with E-state index in [2.05, 4.69) is 15.5 Å². The largest absolute Gasteiger partial charge is 0.416 e. The Morgan fingerprint density at radius 2 is 1.80 bits per heavy atom. The van der Waals surface area contributed by atoms with Gasteiger partial charge in [-0.2, -0.15) is 13.2 Å². The van der Waals surface area contributed by atoms with E-state index in [9.17, 15) is 18.0 Å². The highest BCUT2D eigenvalue weighted by atomic mass is 35.5. The molecule has 0 saturated carbocycles. The summed E-state index contributed by atoms with van der Waals surface area (Å²) in [4.78, 5) is 12.0. The monoisotopic (exact) mass is 367 g/mol. The normalized spacial score (nSPS) is 11.4. The fourth-order valence-corrected chi connectivity index (χ4v) is 2.18. The standard InChI is InChI=1S/C16H9ClF3N3O2/c17-12-3-1-2-10(8-12)14-22-23-15(25-14)21-13(24)9-4-6-11(7-5-9)16(18,19)20/h1-8H,(H,21,23,24). The second kappa shape index (κ2) is 6.56. The van der Waals surface area contributed by atoms with Crippen LogP contribution in [0.1, 0.15) is 15.9 Å². The fraction of sp³-hybridized carbons (Fsp3) is 0.0625. The summed E-state index contributed by atoms with van der Waals surface area (Å²) in [6.45, 7) is 0. The number of aromatic nitrogens is 2. The first-order valence-electron chi connectivity index (χ1n) is 6.91. The minimum absolute atomic E-state index is 0.0236. The van der Waals surface area contributed by atoms with Gasteiger partial charge in [-0.1, -0.05) is 22.8 Å². The lowest BCUT2D eigenvalue weighted by atomic mass is 10.1. The molecule has 1 N–H and O–H groups in total. The molecule has 0 spiro atoms. The predicted octanol–water partition coefficient (Wildman–Crippen LogP) is 4.66. The zero-order valence-corrected chi connectivity index (χ0v) is 13.1. The highest BCUT2D eigenvalue weighted by Crippen LogP contribution is 2.29. The number of carbonyl (C=O) groups excluding carboxylic acids is 1. The molecule has 1 amide bonds. The molecule has 0 saturated heterocycles. The number of rotatable bonds is 3. The molecule has 9 heteroatoms. The maximum Gasteiger partial charge on any atom is 0.416 e. The molecule has 0 radical (unpaired) electrons. The molecular weight excluding hydrogens is 359 g/mol. The second-order valence-corrected chi connectivity index (χ2v) is 5.39. The molecule has 0 aliphatic rings. The van der Waals surface area contributed by atoms with Crippen LogP contribution in [0.2, 0.25) is 5.02 Å². The minimum Gasteiger partial charge on any atom is -0.403 e. The average molecular weight is 368 g/mol. The summed E-state index contributed by atoms with van der Waals surface area (Å²) in [6.07, 6.45) is -4.46. The lowest BCUT2D eigenvalue weighted by Crippen LogP contribution is -2.13. The zero-order chi connectivity index (χ0) is 18.0. The summed E-state index contributed by atoms with van der Waals surface area (Å²) < 4.78 is 42.9. The first-order valence-corrected chi connectivity index (χ1v) is 7.29. The third kappa shape index (κ3) is 3.97. The topological polar surface area (TPSA) is 68.0 Å². The van der Waals surface area contributed by atoms with Crippen LogP contribution in [-0.2, 0) is 6.18 Å². The van der Waals surface area contributed by atoms with Crippen LogP contribution in [0.25, 0.3) is 11.5 Å². The SMILES string of the molecule is O=C(Nc1nnc(-c2cccc(Cl)c2)o1)c1ccc(C(F)(F)F)cc1. The Balaban J connectivity index is 1.73. The van der Waals surface area contributed by atoms with E-state index in [-0.39, 0.29) is 17.5 Å². The smallest absolute Gasteiger partial charge is 0.403 e. The van der Waals surface area contributed by atoms with E-state index in [1.165, 1.54) is 0 Å². The molecule has 0 fully saturated rings. The number of amides is 1. The summed E-state index contributed by atoms with van der Waals surface area (Å²) >= 11 is 5.87. The first kappa shape index (κ1) is 17.0. The van der Waals surface area contributed by atoms with E-state index >= 15 is 0 Å². The molecule has 0 aliphatic heterocycles.